The van der Waals surface area contributed by atoms with E-state index in [0.717, 1.165) is 16.5 Å². The van der Waals surface area contributed by atoms with Crippen molar-refractivity contribution in [3.63, 3.8) is 0 Å². The van der Waals surface area contributed by atoms with Gasteiger partial charge >= 0.3 is 11.9 Å². The van der Waals surface area contributed by atoms with E-state index < -0.39 is 0 Å². The highest BCUT2D eigenvalue weighted by Gasteiger charge is 2.04. The quantitative estimate of drug-likeness (QED) is 0.460. The third kappa shape index (κ3) is 13.2. The monoisotopic (exact) mass is 492 g/mol. The average molecular weight is 493 g/mol. The molecular formula is C24H29BrO6. The standard InChI is InChI=1S/C12H14O3.C8H7BrO2.C4H8O/c1-9(13)3-4-10-5-7-11(8-6-10)12(14)15-2;1-11-8(10)6-2-4-7(9)5-3-6;1-3-4(2)5/h5-8H,3-4H2,1-2H3;2-5H,1H3;3-5H,1H2,2H3. The topological polar surface area (TPSA) is 89.9 Å². The molecule has 2 rings (SSSR count). The fraction of sp³-hybridized carbons (Fsp3) is 0.292. The van der Waals surface area contributed by atoms with E-state index in [1.165, 1.54) is 20.3 Å². The van der Waals surface area contributed by atoms with E-state index in [1.54, 1.807) is 50.2 Å². The fourth-order valence-electron chi connectivity index (χ4n) is 1.95. The zero-order valence-electron chi connectivity index (χ0n) is 18.3. The van der Waals surface area contributed by atoms with E-state index in [0.29, 0.717) is 17.5 Å². The Balaban J connectivity index is 0.000000492. The van der Waals surface area contributed by atoms with Gasteiger partial charge in [-0.1, -0.05) is 34.1 Å². The Morgan fingerprint density at radius 1 is 0.968 bits per heavy atom. The molecule has 0 fully saturated rings. The molecule has 1 unspecified atom stereocenters. The molecule has 1 N–H and O–H groups in total. The Morgan fingerprint density at radius 2 is 1.35 bits per heavy atom. The number of methoxy groups -OCH3 is 2. The van der Waals surface area contributed by atoms with Gasteiger partial charge in [0, 0.05) is 10.9 Å². The second-order valence-electron chi connectivity index (χ2n) is 6.37. The highest BCUT2D eigenvalue weighted by Crippen LogP contribution is 2.11. The molecule has 0 radical (unpaired) electrons. The Hall–Kier alpha value is -2.77. The van der Waals surface area contributed by atoms with Crippen LogP contribution in [-0.2, 0) is 20.7 Å². The number of aryl methyl sites for hydroxylation is 1. The van der Waals surface area contributed by atoms with Crippen molar-refractivity contribution >= 4 is 33.7 Å². The van der Waals surface area contributed by atoms with Crippen LogP contribution >= 0.6 is 15.9 Å². The lowest BCUT2D eigenvalue weighted by Gasteiger charge is -2.01. The number of carbonyl (C=O) groups excluding carboxylic acids is 3. The molecular weight excluding hydrogens is 464 g/mol. The molecule has 0 aromatic heterocycles. The normalized spacial score (nSPS) is 10.3. The van der Waals surface area contributed by atoms with Gasteiger partial charge in [-0.2, -0.15) is 0 Å². The molecule has 0 aliphatic carbocycles. The van der Waals surface area contributed by atoms with Gasteiger partial charge in [-0.3, -0.25) is 0 Å². The van der Waals surface area contributed by atoms with Crippen LogP contribution in [0, 0.1) is 0 Å². The van der Waals surface area contributed by atoms with Gasteiger partial charge in [0.15, 0.2) is 0 Å². The van der Waals surface area contributed by atoms with E-state index >= 15 is 0 Å². The van der Waals surface area contributed by atoms with Crippen LogP contribution in [0.5, 0.6) is 0 Å². The van der Waals surface area contributed by atoms with E-state index in [9.17, 15) is 14.4 Å². The second-order valence-corrected chi connectivity index (χ2v) is 7.28. The first-order valence-electron chi connectivity index (χ1n) is 9.45. The van der Waals surface area contributed by atoms with Crippen molar-refractivity contribution in [2.45, 2.75) is 32.8 Å². The molecule has 1 atom stereocenters. The number of hydrogen-bond acceptors (Lipinski definition) is 6. The van der Waals surface area contributed by atoms with Crippen molar-refractivity contribution in [3.8, 4) is 0 Å². The van der Waals surface area contributed by atoms with E-state index in [2.05, 4.69) is 32.0 Å². The lowest BCUT2D eigenvalue weighted by atomic mass is 10.1. The molecule has 0 amide bonds. The zero-order valence-corrected chi connectivity index (χ0v) is 19.8. The first-order chi connectivity index (χ1) is 14.6. The fourth-order valence-corrected chi connectivity index (χ4v) is 2.21. The van der Waals surface area contributed by atoms with Crippen LogP contribution in [0.1, 0.15) is 46.5 Å². The second kappa shape index (κ2) is 16.0. The minimum Gasteiger partial charge on any atom is -0.465 e. The van der Waals surface area contributed by atoms with E-state index in [1.807, 2.05) is 12.1 Å². The summed E-state index contributed by atoms with van der Waals surface area (Å²) in [5.74, 6) is -0.474. The van der Waals surface area contributed by atoms with Gasteiger partial charge in [0.1, 0.15) is 5.78 Å². The number of Topliss-reactive ketones (excluding diaryl/α,β-unsaturated/α-hetero) is 1. The third-order valence-electron chi connectivity index (χ3n) is 3.75. The number of aliphatic hydroxyl groups excluding tert-OH is 1. The third-order valence-corrected chi connectivity index (χ3v) is 4.28. The number of esters is 2. The van der Waals surface area contributed by atoms with E-state index in [-0.39, 0.29) is 23.8 Å². The van der Waals surface area contributed by atoms with Crippen molar-refractivity contribution in [3.05, 3.63) is 82.3 Å². The summed E-state index contributed by atoms with van der Waals surface area (Å²) in [6.45, 7) is 6.54. The molecule has 0 spiro atoms. The van der Waals surface area contributed by atoms with Crippen molar-refractivity contribution in [2.24, 2.45) is 0 Å². The average Bonchev–Trinajstić information content (AvgIpc) is 2.78. The summed E-state index contributed by atoms with van der Waals surface area (Å²) in [7, 11) is 2.72. The highest BCUT2D eigenvalue weighted by molar-refractivity contribution is 9.10. The maximum atomic E-state index is 11.1. The summed E-state index contributed by atoms with van der Waals surface area (Å²) in [6.07, 6.45) is 2.38. The number of benzene rings is 2. The molecule has 31 heavy (non-hydrogen) atoms. The van der Waals surface area contributed by atoms with Gasteiger partial charge < -0.3 is 19.4 Å². The van der Waals surface area contributed by atoms with E-state index in [4.69, 9.17) is 5.11 Å². The Bertz CT molecular complexity index is 826. The number of ketones is 1. The first kappa shape index (κ1) is 28.2. The largest absolute Gasteiger partial charge is 0.465 e. The van der Waals surface area contributed by atoms with Crippen molar-refractivity contribution < 1.29 is 29.0 Å². The van der Waals surface area contributed by atoms with Crippen molar-refractivity contribution in [2.75, 3.05) is 14.2 Å². The Kier molecular flexibility index (Phi) is 14.6. The zero-order chi connectivity index (χ0) is 23.8. The number of hydrogen-bond donors (Lipinski definition) is 1. The van der Waals surface area contributed by atoms with Crippen molar-refractivity contribution in [1.29, 1.82) is 0 Å². The molecule has 0 saturated heterocycles. The summed E-state index contributed by atoms with van der Waals surface area (Å²) in [6, 6.07) is 14.1. The summed E-state index contributed by atoms with van der Waals surface area (Å²) >= 11 is 3.26. The first-order valence-corrected chi connectivity index (χ1v) is 10.2. The lowest BCUT2D eigenvalue weighted by Crippen LogP contribution is -2.01. The molecule has 0 heterocycles. The Labute approximate surface area is 192 Å². The maximum absolute atomic E-state index is 11.1. The van der Waals surface area contributed by atoms with Crippen LogP contribution in [0.15, 0.2) is 65.7 Å². The molecule has 7 heteroatoms. The molecule has 0 aliphatic heterocycles. The molecule has 2 aromatic carbocycles. The number of halogens is 1. The number of aliphatic hydroxyl groups is 1. The van der Waals surface area contributed by atoms with Crippen LogP contribution in [0.4, 0.5) is 0 Å². The molecule has 0 saturated carbocycles. The van der Waals surface area contributed by atoms with Crippen LogP contribution in [0.3, 0.4) is 0 Å². The SMILES string of the molecule is C=CC(C)O.COC(=O)c1ccc(Br)cc1.COC(=O)c1ccc(CCC(C)=O)cc1. The predicted octanol–water partition coefficient (Wildman–Crippen LogP) is 4.78. The van der Waals surface area contributed by atoms with Gasteiger partial charge in [0.25, 0.3) is 0 Å². The lowest BCUT2D eigenvalue weighted by molar-refractivity contribution is -0.116. The van der Waals surface area contributed by atoms with Crippen LogP contribution in [0.2, 0.25) is 0 Å². The van der Waals surface area contributed by atoms with Gasteiger partial charge in [-0.05, 0) is 62.2 Å². The molecule has 168 valence electrons. The Morgan fingerprint density at radius 3 is 1.68 bits per heavy atom. The highest BCUT2D eigenvalue weighted by atomic mass is 79.9. The van der Waals surface area contributed by atoms with Gasteiger partial charge in [0.2, 0.25) is 0 Å². The summed E-state index contributed by atoms with van der Waals surface area (Å²) < 4.78 is 10.1. The summed E-state index contributed by atoms with van der Waals surface area (Å²) in [5.41, 5.74) is 2.15. The minimum absolute atomic E-state index is 0.173. The molecule has 0 bridgehead atoms. The van der Waals surface area contributed by atoms with Crippen LogP contribution in [-0.4, -0.2) is 43.2 Å². The van der Waals surface area contributed by atoms with Crippen LogP contribution in [0.25, 0.3) is 0 Å². The molecule has 0 aliphatic rings. The number of rotatable bonds is 6. The molecule has 2 aromatic rings. The molecule has 6 nitrogen and oxygen atoms in total. The summed E-state index contributed by atoms with van der Waals surface area (Å²) in [5, 5.41) is 8.24. The van der Waals surface area contributed by atoms with Crippen molar-refractivity contribution in [1.82, 2.24) is 0 Å². The number of ether oxygens (including phenoxy) is 2. The number of carbonyl (C=O) groups is 3. The van der Waals surface area contributed by atoms with Crippen LogP contribution < -0.4 is 0 Å². The smallest absolute Gasteiger partial charge is 0.337 e. The summed E-state index contributed by atoms with van der Waals surface area (Å²) in [4.78, 5) is 32.8. The maximum Gasteiger partial charge on any atom is 0.337 e. The van der Waals surface area contributed by atoms with Gasteiger partial charge in [0.05, 0.1) is 31.5 Å². The van der Waals surface area contributed by atoms with Gasteiger partial charge in [-0.25, -0.2) is 9.59 Å². The van der Waals surface area contributed by atoms with Gasteiger partial charge in [-0.15, -0.1) is 6.58 Å². The predicted molar refractivity (Wildman–Crippen MR) is 124 cm³/mol. The minimum atomic E-state index is -0.352.